The van der Waals surface area contributed by atoms with Crippen LogP contribution in [0.5, 0.6) is 5.75 Å². The van der Waals surface area contributed by atoms with Crippen LogP contribution in [-0.4, -0.2) is 19.1 Å². The summed E-state index contributed by atoms with van der Waals surface area (Å²) in [6, 6.07) is 11.7. The van der Waals surface area contributed by atoms with Gasteiger partial charge < -0.3 is 15.4 Å². The first-order chi connectivity index (χ1) is 11.6. The van der Waals surface area contributed by atoms with E-state index >= 15 is 0 Å². The molecule has 0 unspecified atom stereocenters. The number of hydrogen-bond donors (Lipinski definition) is 1. The van der Waals surface area contributed by atoms with Crippen LogP contribution in [0.25, 0.3) is 0 Å². The van der Waals surface area contributed by atoms with Crippen LogP contribution in [-0.2, 0) is 11.2 Å². The molecule has 5 heteroatoms. The Morgan fingerprint density at radius 1 is 1.33 bits per heavy atom. The highest BCUT2D eigenvalue weighted by Gasteiger charge is 2.23. The minimum Gasteiger partial charge on any atom is -0.492 e. The normalized spacial score (nSPS) is 13.5. The number of anilines is 2. The number of benzene rings is 2. The number of fused-ring (bicyclic) bond motifs is 1. The van der Waals surface area contributed by atoms with Gasteiger partial charge in [-0.05, 0) is 71.1 Å². The minimum absolute atomic E-state index is 0.0739. The molecule has 0 aliphatic carbocycles. The lowest BCUT2D eigenvalue weighted by Crippen LogP contribution is -2.36. The van der Waals surface area contributed by atoms with Crippen LogP contribution in [0.1, 0.15) is 24.0 Å². The van der Waals surface area contributed by atoms with Gasteiger partial charge in [-0.25, -0.2) is 0 Å². The van der Waals surface area contributed by atoms with Gasteiger partial charge in [0.15, 0.2) is 0 Å². The van der Waals surface area contributed by atoms with Gasteiger partial charge in [-0.2, -0.15) is 0 Å². The van der Waals surface area contributed by atoms with Gasteiger partial charge in [0.1, 0.15) is 5.75 Å². The van der Waals surface area contributed by atoms with E-state index < -0.39 is 0 Å². The molecule has 24 heavy (non-hydrogen) atoms. The second-order valence-corrected chi connectivity index (χ2v) is 6.88. The maximum atomic E-state index is 12.6. The molecule has 1 heterocycles. The van der Waals surface area contributed by atoms with E-state index in [-0.39, 0.29) is 5.91 Å². The zero-order valence-electron chi connectivity index (χ0n) is 13.7. The molecule has 0 saturated carbocycles. The second-order valence-electron chi connectivity index (χ2n) is 6.03. The molecule has 1 amide bonds. The fourth-order valence-electron chi connectivity index (χ4n) is 3.02. The van der Waals surface area contributed by atoms with Crippen LogP contribution in [0.4, 0.5) is 11.4 Å². The number of halogens is 1. The van der Waals surface area contributed by atoms with E-state index in [0.717, 1.165) is 52.1 Å². The van der Waals surface area contributed by atoms with Gasteiger partial charge in [-0.15, -0.1) is 0 Å². The highest BCUT2D eigenvalue weighted by atomic mass is 79.9. The largest absolute Gasteiger partial charge is 0.492 e. The van der Waals surface area contributed by atoms with Gasteiger partial charge >= 0.3 is 0 Å². The van der Waals surface area contributed by atoms with Crippen LogP contribution in [0.15, 0.2) is 40.9 Å². The molecule has 0 saturated heterocycles. The number of aryl methyl sites for hydroxylation is 1. The third-order valence-corrected chi connectivity index (χ3v) is 4.87. The van der Waals surface area contributed by atoms with E-state index in [4.69, 9.17) is 10.5 Å². The average molecular weight is 389 g/mol. The standard InChI is InChI=1S/C19H21BrN2O2/c1-13-7-8-18(15(20)12-13)24-11-9-19(23)22-10-3-4-14-16(21)5-2-6-17(14)22/h2,5-8,12H,3-4,9-11,21H2,1H3. The molecule has 0 fully saturated rings. The van der Waals surface area contributed by atoms with Crippen molar-refractivity contribution in [1.29, 1.82) is 0 Å². The number of nitrogens with zero attached hydrogens (tertiary/aromatic N) is 1. The molecule has 1 aliphatic heterocycles. The summed E-state index contributed by atoms with van der Waals surface area (Å²) in [7, 11) is 0. The molecule has 0 atom stereocenters. The molecule has 2 N–H and O–H groups in total. The summed E-state index contributed by atoms with van der Waals surface area (Å²) in [4.78, 5) is 14.4. The summed E-state index contributed by atoms with van der Waals surface area (Å²) in [6.45, 7) is 3.12. The van der Waals surface area contributed by atoms with Crippen molar-refractivity contribution < 1.29 is 9.53 Å². The summed E-state index contributed by atoms with van der Waals surface area (Å²) in [6.07, 6.45) is 2.21. The molecule has 4 nitrogen and oxygen atoms in total. The number of ether oxygens (including phenoxy) is 1. The van der Waals surface area contributed by atoms with Crippen LogP contribution in [0.3, 0.4) is 0 Å². The van der Waals surface area contributed by atoms with Crippen molar-refractivity contribution >= 4 is 33.2 Å². The van der Waals surface area contributed by atoms with E-state index in [9.17, 15) is 4.79 Å². The van der Waals surface area contributed by atoms with E-state index in [1.807, 2.05) is 48.2 Å². The lowest BCUT2D eigenvalue weighted by Gasteiger charge is -2.30. The number of carbonyl (C=O) groups excluding carboxylic acids is 1. The van der Waals surface area contributed by atoms with Crippen LogP contribution in [0, 0.1) is 6.92 Å². The average Bonchev–Trinajstić information content (AvgIpc) is 2.56. The predicted octanol–water partition coefficient (Wildman–Crippen LogP) is 4.09. The van der Waals surface area contributed by atoms with Crippen molar-refractivity contribution in [2.45, 2.75) is 26.2 Å². The van der Waals surface area contributed by atoms with Crippen molar-refractivity contribution in [3.05, 3.63) is 52.0 Å². The Hall–Kier alpha value is -2.01. The Labute approximate surface area is 150 Å². The quantitative estimate of drug-likeness (QED) is 0.802. The summed E-state index contributed by atoms with van der Waals surface area (Å²) < 4.78 is 6.65. The molecular weight excluding hydrogens is 368 g/mol. The molecule has 1 aliphatic rings. The summed E-state index contributed by atoms with van der Waals surface area (Å²) in [5, 5.41) is 0. The monoisotopic (exact) mass is 388 g/mol. The van der Waals surface area contributed by atoms with Crippen molar-refractivity contribution in [1.82, 2.24) is 0 Å². The van der Waals surface area contributed by atoms with Crippen molar-refractivity contribution in [3.63, 3.8) is 0 Å². The Morgan fingerprint density at radius 2 is 2.17 bits per heavy atom. The van der Waals surface area contributed by atoms with Gasteiger partial charge in [0, 0.05) is 17.9 Å². The zero-order chi connectivity index (χ0) is 17.1. The van der Waals surface area contributed by atoms with Gasteiger partial charge in [-0.1, -0.05) is 12.1 Å². The minimum atomic E-state index is 0.0739. The Morgan fingerprint density at radius 3 is 2.96 bits per heavy atom. The predicted molar refractivity (Wildman–Crippen MR) is 101 cm³/mol. The molecule has 0 spiro atoms. The fourth-order valence-corrected chi connectivity index (χ4v) is 3.62. The Kier molecular flexibility index (Phi) is 5.09. The SMILES string of the molecule is Cc1ccc(OCCC(=O)N2CCCc3c(N)cccc32)c(Br)c1. The lowest BCUT2D eigenvalue weighted by molar-refractivity contribution is -0.119. The molecule has 3 rings (SSSR count). The third kappa shape index (κ3) is 3.56. The summed E-state index contributed by atoms with van der Waals surface area (Å²) in [5.74, 6) is 0.835. The number of nitrogens with two attached hydrogens (primary N) is 1. The molecule has 2 aromatic rings. The van der Waals surface area contributed by atoms with E-state index in [2.05, 4.69) is 15.9 Å². The lowest BCUT2D eigenvalue weighted by atomic mass is 9.99. The van der Waals surface area contributed by atoms with E-state index in [1.54, 1.807) is 0 Å². The highest BCUT2D eigenvalue weighted by molar-refractivity contribution is 9.10. The Bertz CT molecular complexity index is 761. The molecule has 0 radical (unpaired) electrons. The maximum Gasteiger partial charge on any atom is 0.230 e. The number of carbonyl (C=O) groups is 1. The molecule has 2 aromatic carbocycles. The van der Waals surface area contributed by atoms with E-state index in [0.29, 0.717) is 13.0 Å². The van der Waals surface area contributed by atoms with Gasteiger partial charge in [0.05, 0.1) is 17.5 Å². The Balaban J connectivity index is 1.63. The van der Waals surface area contributed by atoms with E-state index in [1.165, 1.54) is 0 Å². The van der Waals surface area contributed by atoms with Gasteiger partial charge in [0.25, 0.3) is 0 Å². The number of hydrogen-bond acceptors (Lipinski definition) is 3. The number of amides is 1. The fraction of sp³-hybridized carbons (Fsp3) is 0.316. The number of rotatable bonds is 4. The topological polar surface area (TPSA) is 55.6 Å². The van der Waals surface area contributed by atoms with Crippen molar-refractivity contribution in [2.75, 3.05) is 23.8 Å². The van der Waals surface area contributed by atoms with Crippen LogP contribution < -0.4 is 15.4 Å². The molecule has 126 valence electrons. The zero-order valence-corrected chi connectivity index (χ0v) is 15.3. The third-order valence-electron chi connectivity index (χ3n) is 4.25. The van der Waals surface area contributed by atoms with Crippen LogP contribution >= 0.6 is 15.9 Å². The summed E-state index contributed by atoms with van der Waals surface area (Å²) in [5.41, 5.74) is 10.00. The maximum absolute atomic E-state index is 12.6. The molecule has 0 aromatic heterocycles. The summed E-state index contributed by atoms with van der Waals surface area (Å²) >= 11 is 3.49. The molecule has 0 bridgehead atoms. The van der Waals surface area contributed by atoms with Gasteiger partial charge in [0.2, 0.25) is 5.91 Å². The first kappa shape index (κ1) is 16.8. The first-order valence-corrected chi connectivity index (χ1v) is 8.92. The first-order valence-electron chi connectivity index (χ1n) is 8.13. The van der Waals surface area contributed by atoms with Gasteiger partial charge in [-0.3, -0.25) is 4.79 Å². The highest BCUT2D eigenvalue weighted by Crippen LogP contribution is 2.31. The second kappa shape index (κ2) is 7.26. The van der Waals surface area contributed by atoms with Crippen LogP contribution in [0.2, 0.25) is 0 Å². The molecular formula is C19H21BrN2O2. The smallest absolute Gasteiger partial charge is 0.230 e. The number of nitrogen functional groups attached to an aromatic ring is 1. The van der Waals surface area contributed by atoms with Crippen molar-refractivity contribution in [2.24, 2.45) is 0 Å². The van der Waals surface area contributed by atoms with Crippen molar-refractivity contribution in [3.8, 4) is 5.75 Å².